The van der Waals surface area contributed by atoms with Crippen molar-refractivity contribution in [2.75, 3.05) is 0 Å². The van der Waals surface area contributed by atoms with E-state index < -0.39 is 0 Å². The number of fused-ring (bicyclic) bond motifs is 4. The first kappa shape index (κ1) is 36.7. The van der Waals surface area contributed by atoms with Crippen LogP contribution >= 0.6 is 0 Å². The molecule has 59 heavy (non-hydrogen) atoms. The van der Waals surface area contributed by atoms with E-state index in [9.17, 15) is 0 Å². The molecule has 0 amide bonds. The van der Waals surface area contributed by atoms with Gasteiger partial charge >= 0.3 is 0 Å². The van der Waals surface area contributed by atoms with Gasteiger partial charge in [0.1, 0.15) is 0 Å². The topological polar surface area (TPSA) is 76.8 Å². The van der Waals surface area contributed by atoms with Gasteiger partial charge in [0.05, 0.1) is 11.0 Å². The Morgan fingerprint density at radius 3 is 2.29 bits per heavy atom. The zero-order valence-electron chi connectivity index (χ0n) is 32.5. The number of terminal acetylenes is 1. The predicted octanol–water partition coefficient (Wildman–Crippen LogP) is 12.6. The molecule has 1 aliphatic carbocycles. The summed E-state index contributed by atoms with van der Waals surface area (Å²) in [6.07, 6.45) is 22.9. The summed E-state index contributed by atoms with van der Waals surface area (Å²) in [5, 5.41) is 4.27. The molecule has 9 rings (SSSR count). The minimum atomic E-state index is 0.498. The molecule has 5 aromatic carbocycles. The zero-order chi connectivity index (χ0) is 40.1. The summed E-state index contributed by atoms with van der Waals surface area (Å²) in [5.41, 5.74) is 12.2. The second-order valence-corrected chi connectivity index (χ2v) is 14.4. The van der Waals surface area contributed by atoms with Crippen molar-refractivity contribution < 1.29 is 0 Å². The maximum absolute atomic E-state index is 5.82. The fraction of sp³-hybridized carbons (Fsp3) is 0.0566. The number of aliphatic imine (C=N–C) groups is 1. The van der Waals surface area contributed by atoms with Gasteiger partial charge in [0, 0.05) is 52.5 Å². The molecule has 8 aromatic rings. The van der Waals surface area contributed by atoms with Crippen LogP contribution in [0.3, 0.4) is 0 Å². The van der Waals surface area contributed by atoms with E-state index in [2.05, 4.69) is 157 Å². The molecule has 0 spiro atoms. The number of hydrogen-bond donors (Lipinski definition) is 0. The molecular formula is C53H38N6. The van der Waals surface area contributed by atoms with Crippen molar-refractivity contribution in [3.8, 4) is 57.6 Å². The van der Waals surface area contributed by atoms with E-state index in [1.54, 1.807) is 6.20 Å². The number of pyridine rings is 2. The highest BCUT2D eigenvalue weighted by molar-refractivity contribution is 6.08. The molecule has 0 saturated carbocycles. The molecule has 280 valence electrons. The van der Waals surface area contributed by atoms with Gasteiger partial charge in [-0.2, -0.15) is 0 Å². The van der Waals surface area contributed by atoms with Crippen LogP contribution in [0.4, 0.5) is 0 Å². The van der Waals surface area contributed by atoms with Crippen LogP contribution in [-0.2, 0) is 0 Å². The van der Waals surface area contributed by atoms with E-state index in [-0.39, 0.29) is 0 Å². The normalized spacial score (nSPS) is 13.8. The van der Waals surface area contributed by atoms with Crippen LogP contribution in [0.2, 0.25) is 0 Å². The van der Waals surface area contributed by atoms with Crippen molar-refractivity contribution in [1.29, 1.82) is 0 Å². The zero-order valence-corrected chi connectivity index (χ0v) is 32.5. The second-order valence-electron chi connectivity index (χ2n) is 14.4. The number of nitrogens with zero attached hydrogens (tertiary/aromatic N) is 6. The minimum Gasteiger partial charge on any atom is -0.273 e. The molecule has 6 nitrogen and oxygen atoms in total. The highest BCUT2D eigenvalue weighted by Crippen LogP contribution is 2.37. The Bertz CT molecular complexity index is 3150. The number of rotatable bonds is 9. The Morgan fingerprint density at radius 1 is 0.695 bits per heavy atom. The summed E-state index contributed by atoms with van der Waals surface area (Å²) in [7, 11) is 0. The Morgan fingerprint density at radius 2 is 1.44 bits per heavy atom. The van der Waals surface area contributed by atoms with Crippen LogP contribution in [0.5, 0.6) is 0 Å². The summed E-state index contributed by atoms with van der Waals surface area (Å²) in [5.74, 6) is 4.56. The molecular weight excluding hydrogens is 721 g/mol. The Labute approximate surface area is 343 Å². The van der Waals surface area contributed by atoms with Crippen LogP contribution in [0.1, 0.15) is 25.3 Å². The van der Waals surface area contributed by atoms with Gasteiger partial charge in [-0.3, -0.25) is 15.0 Å². The van der Waals surface area contributed by atoms with Crippen molar-refractivity contribution in [3.05, 3.63) is 193 Å². The lowest BCUT2D eigenvalue weighted by Gasteiger charge is -2.19. The van der Waals surface area contributed by atoms with Crippen LogP contribution in [0.15, 0.2) is 192 Å². The van der Waals surface area contributed by atoms with Gasteiger partial charge in [-0.05, 0) is 94.6 Å². The van der Waals surface area contributed by atoms with E-state index in [1.165, 1.54) is 11.1 Å². The van der Waals surface area contributed by atoms with Gasteiger partial charge in [0.2, 0.25) is 0 Å². The largest absolute Gasteiger partial charge is 0.273 e. The first-order valence-electron chi connectivity index (χ1n) is 19.5. The predicted molar refractivity (Wildman–Crippen MR) is 244 cm³/mol. The molecule has 1 aliphatic rings. The van der Waals surface area contributed by atoms with E-state index in [0.717, 1.165) is 83.5 Å². The number of allylic oxidation sites excluding steroid dienone is 9. The molecule has 0 bridgehead atoms. The molecule has 6 heteroatoms. The van der Waals surface area contributed by atoms with E-state index in [1.807, 2.05) is 36.7 Å². The second kappa shape index (κ2) is 16.3. The first-order valence-corrected chi connectivity index (χ1v) is 19.5. The average Bonchev–Trinajstić information content (AvgIpc) is 3.29. The van der Waals surface area contributed by atoms with Gasteiger partial charge in [-0.1, -0.05) is 127 Å². The van der Waals surface area contributed by atoms with Crippen molar-refractivity contribution in [2.24, 2.45) is 4.99 Å². The van der Waals surface area contributed by atoms with Crippen molar-refractivity contribution in [1.82, 2.24) is 24.9 Å². The lowest BCUT2D eigenvalue weighted by molar-refractivity contribution is 1.08. The maximum Gasteiger partial charge on any atom is 0.164 e. The van der Waals surface area contributed by atoms with Crippen LogP contribution in [0.25, 0.3) is 83.4 Å². The van der Waals surface area contributed by atoms with E-state index >= 15 is 0 Å². The Balaban J connectivity index is 1.18. The molecule has 0 atom stereocenters. The van der Waals surface area contributed by atoms with Gasteiger partial charge in [-0.15, -0.1) is 12.3 Å². The third-order valence-electron chi connectivity index (χ3n) is 10.6. The number of aromatic nitrogens is 5. The first-order chi connectivity index (χ1) is 29.1. The molecule has 3 aromatic heterocycles. The lowest BCUT2D eigenvalue weighted by atomic mass is 9.86. The van der Waals surface area contributed by atoms with Gasteiger partial charge < -0.3 is 0 Å². The monoisotopic (exact) mass is 758 g/mol. The maximum atomic E-state index is 5.82. The van der Waals surface area contributed by atoms with Crippen LogP contribution < -0.4 is 0 Å². The number of hydrogen-bond acceptors (Lipinski definition) is 6. The van der Waals surface area contributed by atoms with E-state index in [0.29, 0.717) is 23.9 Å². The average molecular weight is 759 g/mol. The molecule has 0 unspecified atom stereocenters. The summed E-state index contributed by atoms with van der Waals surface area (Å²) in [6.45, 7) is 5.71. The minimum absolute atomic E-state index is 0.498. The molecule has 3 heterocycles. The highest BCUT2D eigenvalue weighted by Gasteiger charge is 2.18. The van der Waals surface area contributed by atoms with Gasteiger partial charge in [-0.25, -0.2) is 15.0 Å². The fourth-order valence-electron chi connectivity index (χ4n) is 7.83. The summed E-state index contributed by atoms with van der Waals surface area (Å²) in [6, 6.07) is 41.7. The summed E-state index contributed by atoms with van der Waals surface area (Å²) >= 11 is 0. The number of benzene rings is 5. The van der Waals surface area contributed by atoms with Crippen molar-refractivity contribution in [3.63, 3.8) is 0 Å². The van der Waals surface area contributed by atoms with Crippen LogP contribution in [-0.4, -0.2) is 31.6 Å². The van der Waals surface area contributed by atoms with Crippen molar-refractivity contribution in [2.45, 2.75) is 19.8 Å². The highest BCUT2D eigenvalue weighted by atomic mass is 15.0. The Hall–Kier alpha value is -7.88. The standard InChI is InChI=1S/C53H38N6/c1-4-5-21-45(43-26-24-36(32-35(43)2)13-11-29-54-3)39-16-8-18-41(33-39)51-57-52(59-53(58-51)48-23-10-15-37-14-6-7-22-44(37)48)42-19-9-17-40(34-42)46-28-31-56-50-47(46)27-25-38-20-12-30-55-49(38)50/h1,6-31,33-34H,3,5,32H2,2H3/b29-11-,36-13-,45-21-. The van der Waals surface area contributed by atoms with Crippen LogP contribution in [0, 0.1) is 12.3 Å². The lowest BCUT2D eigenvalue weighted by Crippen LogP contribution is -2.02. The molecule has 0 fully saturated rings. The smallest absolute Gasteiger partial charge is 0.164 e. The fourth-order valence-corrected chi connectivity index (χ4v) is 7.83. The van der Waals surface area contributed by atoms with Gasteiger partial charge in [0.25, 0.3) is 0 Å². The quantitative estimate of drug-likeness (QED) is 0.0832. The Kier molecular flexibility index (Phi) is 10.2. The molecule has 0 aliphatic heterocycles. The SMILES string of the molecule is C#CC/C=C(\C1=C(C)C/C(=C\C=C/N=C)C=C1)c1cccc(-c2nc(-c3cccc(-c4ccnc5c4ccc4cccnc45)c3)nc(-c3cccc4ccccc34)n2)c1. The molecule has 0 saturated heterocycles. The third kappa shape index (κ3) is 7.41. The van der Waals surface area contributed by atoms with E-state index in [4.69, 9.17) is 26.4 Å². The molecule has 0 radical (unpaired) electrons. The summed E-state index contributed by atoms with van der Waals surface area (Å²) < 4.78 is 0. The molecule has 0 N–H and O–H groups in total. The third-order valence-corrected chi connectivity index (χ3v) is 10.6. The van der Waals surface area contributed by atoms with Gasteiger partial charge in [0.15, 0.2) is 17.5 Å². The summed E-state index contributed by atoms with van der Waals surface area (Å²) in [4.78, 5) is 28.8. The van der Waals surface area contributed by atoms with Crippen molar-refractivity contribution >= 4 is 44.9 Å².